The summed E-state index contributed by atoms with van der Waals surface area (Å²) >= 11 is 0. The molecule has 0 spiro atoms. The van der Waals surface area contributed by atoms with Gasteiger partial charge in [0.1, 0.15) is 11.4 Å². The van der Waals surface area contributed by atoms with Crippen molar-refractivity contribution in [1.29, 1.82) is 0 Å². The molecule has 0 amide bonds. The zero-order valence-electron chi connectivity index (χ0n) is 22.1. The molecule has 39 heavy (non-hydrogen) atoms. The molecule has 3 aromatic heterocycles. The summed E-state index contributed by atoms with van der Waals surface area (Å²) in [5.41, 5.74) is 2.65. The molecule has 204 valence electrons. The molecule has 0 radical (unpaired) electrons. The van der Waals surface area contributed by atoms with Gasteiger partial charge in [0.25, 0.3) is 0 Å². The van der Waals surface area contributed by atoms with E-state index in [0.29, 0.717) is 22.8 Å². The van der Waals surface area contributed by atoms with Crippen molar-refractivity contribution in [2.24, 2.45) is 7.05 Å². The van der Waals surface area contributed by atoms with Gasteiger partial charge in [0.05, 0.1) is 29.9 Å². The smallest absolute Gasteiger partial charge is 0.241 e. The highest BCUT2D eigenvalue weighted by Gasteiger charge is 2.31. The molecule has 1 atom stereocenters. The molecule has 4 aromatic rings. The average molecular weight is 551 g/mol. The van der Waals surface area contributed by atoms with Gasteiger partial charge >= 0.3 is 0 Å². The van der Waals surface area contributed by atoms with Crippen LogP contribution in [0, 0.1) is 0 Å². The van der Waals surface area contributed by atoms with Crippen molar-refractivity contribution >= 4 is 26.5 Å². The Balaban J connectivity index is 1.39. The molecule has 0 bridgehead atoms. The first kappa shape index (κ1) is 25.8. The van der Waals surface area contributed by atoms with E-state index in [9.17, 15) is 12.8 Å². The third-order valence-electron chi connectivity index (χ3n) is 7.26. The van der Waals surface area contributed by atoms with Crippen LogP contribution in [0.5, 0.6) is 0 Å². The third kappa shape index (κ3) is 5.35. The van der Waals surface area contributed by atoms with Crippen LogP contribution in [0.3, 0.4) is 0 Å². The van der Waals surface area contributed by atoms with Gasteiger partial charge in [0.2, 0.25) is 15.8 Å². The van der Waals surface area contributed by atoms with Gasteiger partial charge in [-0.05, 0) is 86.6 Å². The minimum absolute atomic E-state index is 0.130. The lowest BCUT2D eigenvalue weighted by atomic mass is 9.84. The number of hydrogen-bond donors (Lipinski definition) is 2. The van der Waals surface area contributed by atoms with Crippen LogP contribution in [-0.2, 0) is 23.5 Å². The minimum atomic E-state index is -3.99. The number of pyridine rings is 2. The SMILES string of the molecule is Cn1nnc(-c2ccc(NC3CCCc4c3cc(S(=O)(=O)NCC(C)(C)F)c3cc(C5CC5)ncc43)cn2)n1. The van der Waals surface area contributed by atoms with Gasteiger partial charge in [0, 0.05) is 35.1 Å². The fourth-order valence-electron chi connectivity index (χ4n) is 5.12. The summed E-state index contributed by atoms with van der Waals surface area (Å²) in [6.07, 6.45) is 8.26. The van der Waals surface area contributed by atoms with Crippen LogP contribution in [0.25, 0.3) is 22.3 Å². The first-order chi connectivity index (χ1) is 18.6. The van der Waals surface area contributed by atoms with E-state index >= 15 is 0 Å². The largest absolute Gasteiger partial charge is 0.377 e. The lowest BCUT2D eigenvalue weighted by Crippen LogP contribution is -2.35. The number of aryl methyl sites for hydroxylation is 2. The van der Waals surface area contributed by atoms with E-state index in [-0.39, 0.29) is 17.5 Å². The first-order valence-electron chi connectivity index (χ1n) is 13.2. The average Bonchev–Trinajstić information content (AvgIpc) is 3.67. The lowest BCUT2D eigenvalue weighted by Gasteiger charge is -2.29. The van der Waals surface area contributed by atoms with Gasteiger partial charge < -0.3 is 5.32 Å². The summed E-state index contributed by atoms with van der Waals surface area (Å²) in [5, 5.41) is 17.1. The molecule has 6 rings (SSSR count). The molecule has 1 unspecified atom stereocenters. The number of alkyl halides is 1. The van der Waals surface area contributed by atoms with Crippen LogP contribution < -0.4 is 10.0 Å². The molecule has 3 heterocycles. The second-order valence-electron chi connectivity index (χ2n) is 11.0. The molecular formula is C27H31FN8O2S. The molecule has 0 saturated heterocycles. The molecular weight excluding hydrogens is 519 g/mol. The quantitative estimate of drug-likeness (QED) is 0.334. The maximum atomic E-state index is 14.3. The number of sulfonamides is 1. The molecule has 1 fully saturated rings. The van der Waals surface area contributed by atoms with Gasteiger partial charge in [0.15, 0.2) is 0 Å². The number of halogens is 1. The van der Waals surface area contributed by atoms with Crippen LogP contribution in [-0.4, -0.2) is 50.8 Å². The monoisotopic (exact) mass is 550 g/mol. The Hall–Kier alpha value is -3.51. The van der Waals surface area contributed by atoms with Crippen molar-refractivity contribution in [2.45, 2.75) is 68.5 Å². The predicted molar refractivity (Wildman–Crippen MR) is 145 cm³/mol. The highest BCUT2D eigenvalue weighted by molar-refractivity contribution is 7.89. The van der Waals surface area contributed by atoms with E-state index in [1.54, 1.807) is 19.3 Å². The molecule has 2 aliphatic rings. The van der Waals surface area contributed by atoms with Crippen molar-refractivity contribution < 1.29 is 12.8 Å². The summed E-state index contributed by atoms with van der Waals surface area (Å²) in [4.78, 5) is 10.7. The fourth-order valence-corrected chi connectivity index (χ4v) is 6.55. The van der Waals surface area contributed by atoms with E-state index in [0.717, 1.165) is 60.0 Å². The number of anilines is 1. The van der Waals surface area contributed by atoms with Gasteiger partial charge in [-0.1, -0.05) is 0 Å². The number of fused-ring (bicyclic) bond motifs is 3. The van der Waals surface area contributed by atoms with Crippen molar-refractivity contribution in [3.05, 3.63) is 53.5 Å². The maximum absolute atomic E-state index is 14.3. The van der Waals surface area contributed by atoms with Gasteiger partial charge in [-0.25, -0.2) is 17.5 Å². The van der Waals surface area contributed by atoms with Crippen molar-refractivity contribution in [2.75, 3.05) is 11.9 Å². The van der Waals surface area contributed by atoms with E-state index in [1.165, 1.54) is 18.6 Å². The van der Waals surface area contributed by atoms with Crippen molar-refractivity contribution in [3.63, 3.8) is 0 Å². The Kier molecular flexibility index (Phi) is 6.34. The number of tetrazole rings is 1. The van der Waals surface area contributed by atoms with Crippen molar-refractivity contribution in [3.8, 4) is 11.5 Å². The maximum Gasteiger partial charge on any atom is 0.241 e. The summed E-state index contributed by atoms with van der Waals surface area (Å²) in [7, 11) is -2.29. The topological polar surface area (TPSA) is 128 Å². The second kappa shape index (κ2) is 9.60. The summed E-state index contributed by atoms with van der Waals surface area (Å²) in [5.74, 6) is 0.816. The second-order valence-corrected chi connectivity index (χ2v) is 12.8. The Morgan fingerprint density at radius 2 is 1.92 bits per heavy atom. The molecule has 1 saturated carbocycles. The summed E-state index contributed by atoms with van der Waals surface area (Å²) in [6, 6.07) is 7.29. The molecule has 2 aliphatic carbocycles. The zero-order chi connectivity index (χ0) is 27.4. The highest BCUT2D eigenvalue weighted by atomic mass is 32.2. The van der Waals surface area contributed by atoms with Crippen LogP contribution >= 0.6 is 0 Å². The molecule has 1 aromatic carbocycles. The molecule has 0 aliphatic heterocycles. The number of rotatable bonds is 8. The molecule has 10 nitrogen and oxygen atoms in total. The standard InChI is InChI=1S/C27H31FN8O2S/c1-27(2,28)15-31-39(37,38)25-12-19-18(21-14-30-24(11-20(21)25)16-7-8-16)5-4-6-22(19)32-17-9-10-23(29-13-17)26-33-35-36(3)34-26/h9-14,16,22,31-32H,4-8,15H2,1-3H3. The fraction of sp³-hybridized carbons (Fsp3) is 0.444. The van der Waals surface area contributed by atoms with E-state index in [4.69, 9.17) is 4.98 Å². The Morgan fingerprint density at radius 3 is 2.59 bits per heavy atom. The Labute approximate surface area is 226 Å². The third-order valence-corrected chi connectivity index (χ3v) is 8.70. The molecule has 12 heteroatoms. The summed E-state index contributed by atoms with van der Waals surface area (Å²) < 4.78 is 43.9. The first-order valence-corrected chi connectivity index (χ1v) is 14.7. The van der Waals surface area contributed by atoms with Gasteiger partial charge in [-0.3, -0.25) is 9.97 Å². The van der Waals surface area contributed by atoms with Crippen LogP contribution in [0.4, 0.5) is 10.1 Å². The van der Waals surface area contributed by atoms with Crippen molar-refractivity contribution in [1.82, 2.24) is 34.9 Å². The lowest BCUT2D eigenvalue weighted by molar-refractivity contribution is 0.221. The molecule has 2 N–H and O–H groups in total. The van der Waals surface area contributed by atoms with Crippen LogP contribution in [0.15, 0.2) is 41.6 Å². The van der Waals surface area contributed by atoms with Gasteiger partial charge in [-0.15, -0.1) is 10.2 Å². The zero-order valence-corrected chi connectivity index (χ0v) is 23.0. The van der Waals surface area contributed by atoms with Crippen LogP contribution in [0.2, 0.25) is 0 Å². The minimum Gasteiger partial charge on any atom is -0.377 e. The van der Waals surface area contributed by atoms with E-state index < -0.39 is 15.7 Å². The predicted octanol–water partition coefficient (Wildman–Crippen LogP) is 4.21. The number of benzene rings is 1. The van der Waals surface area contributed by atoms with Gasteiger partial charge in [-0.2, -0.15) is 4.80 Å². The summed E-state index contributed by atoms with van der Waals surface area (Å²) in [6.45, 7) is 2.40. The van der Waals surface area contributed by atoms with E-state index in [1.807, 2.05) is 24.4 Å². The normalized spacial score (nSPS) is 17.8. The van der Waals surface area contributed by atoms with E-state index in [2.05, 4.69) is 30.4 Å². The number of aromatic nitrogens is 6. The number of hydrogen-bond acceptors (Lipinski definition) is 8. The number of nitrogens with one attached hydrogen (secondary N) is 2. The highest BCUT2D eigenvalue weighted by Crippen LogP contribution is 2.43. The Bertz CT molecular complexity index is 1640. The number of nitrogens with zero attached hydrogens (tertiary/aromatic N) is 6. The van der Waals surface area contributed by atoms with Crippen LogP contribution in [0.1, 0.15) is 68.3 Å². The Morgan fingerprint density at radius 1 is 1.10 bits per heavy atom.